The highest BCUT2D eigenvalue weighted by Gasteiger charge is 2.43. The van der Waals surface area contributed by atoms with Crippen LogP contribution in [0.4, 0.5) is 10.1 Å². The summed E-state index contributed by atoms with van der Waals surface area (Å²) in [5, 5.41) is 2.50. The summed E-state index contributed by atoms with van der Waals surface area (Å²) in [4.78, 5) is 37.7. The number of nitrogens with one attached hydrogen (secondary N) is 1. The summed E-state index contributed by atoms with van der Waals surface area (Å²) in [5.74, 6) is -1.50. The summed E-state index contributed by atoms with van der Waals surface area (Å²) in [6.45, 7) is 8.22. The van der Waals surface area contributed by atoms with Gasteiger partial charge in [0.05, 0.1) is 16.7 Å². The topological polar surface area (TPSA) is 66.5 Å². The SMILES string of the molecule is CC(C)C(=O)NC(=O)C1(C)CCN(c2cc(Br)cc(F)c2C=O)CC1C. The van der Waals surface area contributed by atoms with Crippen molar-refractivity contribution in [1.82, 2.24) is 5.32 Å². The number of aldehydes is 1. The number of anilines is 1. The van der Waals surface area contributed by atoms with E-state index in [0.29, 0.717) is 36.0 Å². The number of benzene rings is 1. The van der Waals surface area contributed by atoms with Gasteiger partial charge in [-0.25, -0.2) is 4.39 Å². The standard InChI is InChI=1S/C19H24BrFN2O3/c1-11(2)17(25)22-18(26)19(4)5-6-23(9-12(19)3)16-8-13(20)7-15(21)14(16)10-24/h7-8,10-12H,5-6,9H2,1-4H3,(H,22,25,26). The summed E-state index contributed by atoms with van der Waals surface area (Å²) in [6, 6.07) is 2.97. The van der Waals surface area contributed by atoms with Gasteiger partial charge in [0.25, 0.3) is 0 Å². The Morgan fingerprint density at radius 1 is 1.42 bits per heavy atom. The van der Waals surface area contributed by atoms with Crippen LogP contribution in [0.15, 0.2) is 16.6 Å². The first kappa shape index (κ1) is 20.6. The van der Waals surface area contributed by atoms with Crippen molar-refractivity contribution in [2.24, 2.45) is 17.3 Å². The van der Waals surface area contributed by atoms with E-state index in [0.717, 1.165) is 0 Å². The Labute approximate surface area is 161 Å². The molecule has 2 amide bonds. The predicted octanol–water partition coefficient (Wildman–Crippen LogP) is 3.55. The summed E-state index contributed by atoms with van der Waals surface area (Å²) in [6.07, 6.45) is 1.02. The third-order valence-corrected chi connectivity index (χ3v) is 5.75. The molecule has 1 fully saturated rings. The van der Waals surface area contributed by atoms with Crippen LogP contribution in [0.1, 0.15) is 44.5 Å². The van der Waals surface area contributed by atoms with E-state index in [-0.39, 0.29) is 29.2 Å². The number of halogens is 2. The minimum atomic E-state index is -0.701. The number of hydrogen-bond donors (Lipinski definition) is 1. The molecule has 1 aromatic carbocycles. The second-order valence-corrected chi connectivity index (χ2v) is 8.34. The van der Waals surface area contributed by atoms with Gasteiger partial charge in [-0.2, -0.15) is 0 Å². The van der Waals surface area contributed by atoms with E-state index in [2.05, 4.69) is 21.2 Å². The van der Waals surface area contributed by atoms with Gasteiger partial charge in [0.1, 0.15) is 5.82 Å². The minimum absolute atomic E-state index is 0.0171. The molecular weight excluding hydrogens is 403 g/mol. The highest BCUT2D eigenvalue weighted by molar-refractivity contribution is 9.10. The van der Waals surface area contributed by atoms with Crippen LogP contribution in [-0.2, 0) is 9.59 Å². The summed E-state index contributed by atoms with van der Waals surface area (Å²) in [7, 11) is 0. The van der Waals surface area contributed by atoms with E-state index >= 15 is 0 Å². The van der Waals surface area contributed by atoms with Crippen molar-refractivity contribution in [3.05, 3.63) is 28.0 Å². The van der Waals surface area contributed by atoms with E-state index in [1.165, 1.54) is 6.07 Å². The molecule has 0 aliphatic carbocycles. The Kier molecular flexibility index (Phi) is 6.21. The number of piperidine rings is 1. The third kappa shape index (κ3) is 3.98. The van der Waals surface area contributed by atoms with Gasteiger partial charge in [0.2, 0.25) is 11.8 Å². The quantitative estimate of drug-likeness (QED) is 0.747. The average molecular weight is 427 g/mol. The van der Waals surface area contributed by atoms with Crippen molar-refractivity contribution in [2.75, 3.05) is 18.0 Å². The highest BCUT2D eigenvalue weighted by Crippen LogP contribution is 2.39. The summed E-state index contributed by atoms with van der Waals surface area (Å²) >= 11 is 3.26. The van der Waals surface area contributed by atoms with Gasteiger partial charge in [0.15, 0.2) is 6.29 Å². The molecule has 0 aromatic heterocycles. The monoisotopic (exact) mass is 426 g/mol. The number of carbonyl (C=O) groups excluding carboxylic acids is 3. The molecule has 1 aromatic rings. The Morgan fingerprint density at radius 3 is 2.62 bits per heavy atom. The van der Waals surface area contributed by atoms with Crippen LogP contribution in [0.25, 0.3) is 0 Å². The first-order chi connectivity index (χ1) is 12.1. The second kappa shape index (κ2) is 7.86. The molecule has 1 saturated heterocycles. The molecule has 0 bridgehead atoms. The number of nitrogens with zero attached hydrogens (tertiary/aromatic N) is 1. The fourth-order valence-electron chi connectivity index (χ4n) is 3.14. The van der Waals surface area contributed by atoms with Gasteiger partial charge in [-0.15, -0.1) is 0 Å². The third-order valence-electron chi connectivity index (χ3n) is 5.29. The molecule has 2 atom stereocenters. The molecule has 1 N–H and O–H groups in total. The van der Waals surface area contributed by atoms with E-state index in [1.54, 1.807) is 19.9 Å². The van der Waals surface area contributed by atoms with Gasteiger partial charge in [-0.1, -0.05) is 43.6 Å². The fraction of sp³-hybridized carbons (Fsp3) is 0.526. The predicted molar refractivity (Wildman–Crippen MR) is 102 cm³/mol. The van der Waals surface area contributed by atoms with Crippen LogP contribution < -0.4 is 10.2 Å². The molecule has 5 nitrogen and oxygen atoms in total. The van der Waals surface area contributed by atoms with Crippen molar-refractivity contribution in [2.45, 2.75) is 34.1 Å². The number of rotatable bonds is 4. The zero-order chi connectivity index (χ0) is 19.6. The number of amides is 2. The molecule has 0 radical (unpaired) electrons. The van der Waals surface area contributed by atoms with Gasteiger partial charge >= 0.3 is 0 Å². The van der Waals surface area contributed by atoms with Gasteiger partial charge in [-0.3, -0.25) is 19.7 Å². The lowest BCUT2D eigenvalue weighted by atomic mass is 9.71. The number of imide groups is 1. The largest absolute Gasteiger partial charge is 0.370 e. The normalized spacial score (nSPS) is 23.0. The van der Waals surface area contributed by atoms with Crippen LogP contribution in [0.2, 0.25) is 0 Å². The second-order valence-electron chi connectivity index (χ2n) is 7.43. The Balaban J connectivity index is 2.22. The minimum Gasteiger partial charge on any atom is -0.370 e. The molecule has 1 heterocycles. The Bertz CT molecular complexity index is 738. The van der Waals surface area contributed by atoms with Gasteiger partial charge in [-0.05, 0) is 24.5 Å². The average Bonchev–Trinajstić information content (AvgIpc) is 2.56. The molecular formula is C19H24BrFN2O3. The maximum absolute atomic E-state index is 14.1. The van der Waals surface area contributed by atoms with Crippen molar-refractivity contribution in [3.8, 4) is 0 Å². The lowest BCUT2D eigenvalue weighted by Crippen LogP contribution is -2.54. The first-order valence-electron chi connectivity index (χ1n) is 8.64. The number of carbonyl (C=O) groups is 3. The Morgan fingerprint density at radius 2 is 2.08 bits per heavy atom. The molecule has 142 valence electrons. The van der Waals surface area contributed by atoms with Crippen molar-refractivity contribution in [3.63, 3.8) is 0 Å². The van der Waals surface area contributed by atoms with Crippen LogP contribution in [0, 0.1) is 23.1 Å². The zero-order valence-electron chi connectivity index (χ0n) is 15.4. The molecule has 0 saturated carbocycles. The maximum atomic E-state index is 14.1. The van der Waals surface area contributed by atoms with Crippen molar-refractivity contribution < 1.29 is 18.8 Å². The van der Waals surface area contributed by atoms with E-state index in [1.807, 2.05) is 18.7 Å². The van der Waals surface area contributed by atoms with E-state index < -0.39 is 11.2 Å². The van der Waals surface area contributed by atoms with Crippen molar-refractivity contribution >= 4 is 39.7 Å². The summed E-state index contributed by atoms with van der Waals surface area (Å²) < 4.78 is 14.6. The molecule has 7 heteroatoms. The molecule has 26 heavy (non-hydrogen) atoms. The zero-order valence-corrected chi connectivity index (χ0v) is 17.0. The molecule has 2 unspecified atom stereocenters. The lowest BCUT2D eigenvalue weighted by Gasteiger charge is -2.44. The molecule has 1 aliphatic rings. The van der Waals surface area contributed by atoms with Crippen LogP contribution in [-0.4, -0.2) is 31.2 Å². The molecule has 2 rings (SSSR count). The van der Waals surface area contributed by atoms with Gasteiger partial charge in [0, 0.05) is 23.5 Å². The van der Waals surface area contributed by atoms with Crippen molar-refractivity contribution in [1.29, 1.82) is 0 Å². The highest BCUT2D eigenvalue weighted by atomic mass is 79.9. The maximum Gasteiger partial charge on any atom is 0.232 e. The molecule has 0 spiro atoms. The van der Waals surface area contributed by atoms with E-state index in [9.17, 15) is 18.8 Å². The lowest BCUT2D eigenvalue weighted by molar-refractivity contribution is -0.140. The van der Waals surface area contributed by atoms with Crippen LogP contribution >= 0.6 is 15.9 Å². The molecule has 1 aliphatic heterocycles. The van der Waals surface area contributed by atoms with E-state index in [4.69, 9.17) is 0 Å². The smallest absolute Gasteiger partial charge is 0.232 e. The number of hydrogen-bond acceptors (Lipinski definition) is 4. The van der Waals surface area contributed by atoms with Crippen LogP contribution in [0.3, 0.4) is 0 Å². The Hall–Kier alpha value is -1.76. The first-order valence-corrected chi connectivity index (χ1v) is 9.44. The van der Waals surface area contributed by atoms with Gasteiger partial charge < -0.3 is 4.90 Å². The fourth-order valence-corrected chi connectivity index (χ4v) is 3.56. The summed E-state index contributed by atoms with van der Waals surface area (Å²) in [5.41, 5.74) is -0.171. The van der Waals surface area contributed by atoms with Crippen LogP contribution in [0.5, 0.6) is 0 Å².